The Morgan fingerprint density at radius 1 is 1.11 bits per heavy atom. The van der Waals surface area contributed by atoms with Gasteiger partial charge in [0, 0.05) is 33.6 Å². The number of aryl methyl sites for hydroxylation is 1. The van der Waals surface area contributed by atoms with Crippen LogP contribution in [0.1, 0.15) is 23.3 Å². The number of thiophene rings is 1. The van der Waals surface area contributed by atoms with Crippen LogP contribution in [-0.4, -0.2) is 24.7 Å². The molecule has 1 aliphatic heterocycles. The number of nitrogens with zero attached hydrogens (tertiary/aromatic N) is 1. The first kappa shape index (κ1) is 26.1. The highest BCUT2D eigenvalue weighted by molar-refractivity contribution is 8.03. The molecule has 0 aliphatic carbocycles. The lowest BCUT2D eigenvalue weighted by Crippen LogP contribution is -2.31. The molecule has 2 amide bonds. The van der Waals surface area contributed by atoms with Crippen LogP contribution in [0.5, 0.6) is 5.75 Å². The molecule has 9 heteroatoms. The van der Waals surface area contributed by atoms with Gasteiger partial charge >= 0.3 is 0 Å². The summed E-state index contributed by atoms with van der Waals surface area (Å²) in [6.07, 6.45) is 0. The molecule has 37 heavy (non-hydrogen) atoms. The Morgan fingerprint density at radius 2 is 1.92 bits per heavy atom. The number of carbonyl (C=O) groups excluding carboxylic acids is 2. The summed E-state index contributed by atoms with van der Waals surface area (Å²) in [5.41, 5.74) is 3.81. The van der Waals surface area contributed by atoms with Gasteiger partial charge in [-0.2, -0.15) is 5.26 Å². The van der Waals surface area contributed by atoms with Crippen LogP contribution in [0.25, 0.3) is 0 Å². The van der Waals surface area contributed by atoms with Crippen LogP contribution in [-0.2, 0) is 9.59 Å². The highest BCUT2D eigenvalue weighted by Gasteiger charge is 2.35. The summed E-state index contributed by atoms with van der Waals surface area (Å²) >= 11 is 2.72. The number of anilines is 2. The predicted octanol–water partition coefficient (Wildman–Crippen LogP) is 5.77. The minimum absolute atomic E-state index is 0.0832. The van der Waals surface area contributed by atoms with E-state index < -0.39 is 5.92 Å². The molecule has 0 saturated carbocycles. The maximum atomic E-state index is 13.5. The Labute approximate surface area is 224 Å². The number of hydrogen-bond acceptors (Lipinski definition) is 7. The summed E-state index contributed by atoms with van der Waals surface area (Å²) in [4.78, 5) is 27.1. The first-order valence-electron chi connectivity index (χ1n) is 11.5. The van der Waals surface area contributed by atoms with E-state index in [1.807, 2.05) is 55.6 Å². The number of benzene rings is 2. The molecule has 2 aromatic carbocycles. The van der Waals surface area contributed by atoms with Crippen molar-refractivity contribution >= 4 is 46.3 Å². The molecule has 7 nitrogen and oxygen atoms in total. The van der Waals surface area contributed by atoms with E-state index in [0.717, 1.165) is 16.1 Å². The van der Waals surface area contributed by atoms with Crippen molar-refractivity contribution in [2.45, 2.75) is 19.8 Å². The summed E-state index contributed by atoms with van der Waals surface area (Å²) in [6.45, 7) is 3.75. The van der Waals surface area contributed by atoms with Gasteiger partial charge in [-0.1, -0.05) is 42.1 Å². The average Bonchev–Trinajstić information content (AvgIpc) is 3.43. The smallest absolute Gasteiger partial charge is 0.254 e. The molecule has 1 aromatic heterocycles. The summed E-state index contributed by atoms with van der Waals surface area (Å²) in [7, 11) is 1.57. The van der Waals surface area contributed by atoms with Gasteiger partial charge in [0.05, 0.1) is 35.5 Å². The summed E-state index contributed by atoms with van der Waals surface area (Å²) in [5, 5.41) is 21.7. The van der Waals surface area contributed by atoms with E-state index in [1.54, 1.807) is 31.4 Å². The number of para-hydroxylation sites is 1. The second-order valence-electron chi connectivity index (χ2n) is 8.30. The zero-order valence-electron chi connectivity index (χ0n) is 20.6. The molecule has 0 unspecified atom stereocenters. The van der Waals surface area contributed by atoms with Gasteiger partial charge in [-0.25, -0.2) is 0 Å². The molecule has 4 rings (SSSR count). The Morgan fingerprint density at radius 3 is 2.62 bits per heavy atom. The molecule has 3 aromatic rings. The van der Waals surface area contributed by atoms with Gasteiger partial charge in [-0.3, -0.25) is 9.59 Å². The molecule has 188 valence electrons. The van der Waals surface area contributed by atoms with Crippen molar-refractivity contribution in [3.8, 4) is 11.8 Å². The second-order valence-corrected chi connectivity index (χ2v) is 10.3. The number of carbonyl (C=O) groups is 2. The van der Waals surface area contributed by atoms with Gasteiger partial charge in [-0.05, 0) is 49.1 Å². The zero-order valence-corrected chi connectivity index (χ0v) is 22.3. The number of nitrogens with one attached hydrogen (secondary N) is 3. The Bertz CT molecular complexity index is 1420. The van der Waals surface area contributed by atoms with Crippen molar-refractivity contribution in [2.24, 2.45) is 0 Å². The van der Waals surface area contributed by atoms with Crippen LogP contribution < -0.4 is 20.7 Å². The molecule has 0 radical (unpaired) electrons. The lowest BCUT2D eigenvalue weighted by Gasteiger charge is -2.29. The highest BCUT2D eigenvalue weighted by atomic mass is 32.2. The molecule has 1 atom stereocenters. The van der Waals surface area contributed by atoms with Gasteiger partial charge in [-0.15, -0.1) is 11.3 Å². The van der Waals surface area contributed by atoms with E-state index in [-0.39, 0.29) is 17.6 Å². The fourth-order valence-corrected chi connectivity index (χ4v) is 5.74. The predicted molar refractivity (Wildman–Crippen MR) is 149 cm³/mol. The monoisotopic (exact) mass is 530 g/mol. The molecular formula is C28H26N4O3S2. The standard InChI is InChI=1S/C28H26N4O3S2/c1-17-8-4-5-11-22(17)32-27(34)25-18(2)30-28(21(15-29)26(25)23-12-7-13-36-23)37-16-24(33)31-19-9-6-10-20(14-19)35-3/h4-14,26,30H,16H2,1-3H3,(H,31,33)(H,32,34)/t26-/m0/s1. The molecule has 3 N–H and O–H groups in total. The van der Waals surface area contributed by atoms with E-state index >= 15 is 0 Å². The van der Waals surface area contributed by atoms with E-state index in [0.29, 0.717) is 33.3 Å². The number of nitriles is 1. The van der Waals surface area contributed by atoms with Crippen LogP contribution in [0.3, 0.4) is 0 Å². The minimum atomic E-state index is -0.542. The van der Waals surface area contributed by atoms with Gasteiger partial charge < -0.3 is 20.7 Å². The number of rotatable bonds is 8. The quantitative estimate of drug-likeness (QED) is 0.342. The van der Waals surface area contributed by atoms with Crippen molar-refractivity contribution in [2.75, 3.05) is 23.5 Å². The highest BCUT2D eigenvalue weighted by Crippen LogP contribution is 2.42. The van der Waals surface area contributed by atoms with Crippen LogP contribution >= 0.6 is 23.1 Å². The summed E-state index contributed by atoms with van der Waals surface area (Å²) in [5.74, 6) is -0.309. The van der Waals surface area contributed by atoms with Crippen LogP contribution in [0.2, 0.25) is 0 Å². The number of allylic oxidation sites excluding steroid dienone is 2. The molecule has 0 spiro atoms. The number of thioether (sulfide) groups is 1. The number of dihydropyridines is 1. The van der Waals surface area contributed by atoms with Crippen molar-refractivity contribution in [3.63, 3.8) is 0 Å². The molecular weight excluding hydrogens is 504 g/mol. The largest absolute Gasteiger partial charge is 0.497 e. The number of hydrogen-bond donors (Lipinski definition) is 3. The lowest BCUT2D eigenvalue weighted by molar-refractivity contribution is -0.114. The minimum Gasteiger partial charge on any atom is -0.497 e. The van der Waals surface area contributed by atoms with Gasteiger partial charge in [0.2, 0.25) is 5.91 Å². The molecule has 0 fully saturated rings. The van der Waals surface area contributed by atoms with E-state index in [2.05, 4.69) is 22.0 Å². The Balaban J connectivity index is 1.57. The lowest BCUT2D eigenvalue weighted by atomic mass is 9.86. The van der Waals surface area contributed by atoms with Crippen LogP contribution in [0.15, 0.2) is 87.9 Å². The summed E-state index contributed by atoms with van der Waals surface area (Å²) < 4.78 is 5.21. The average molecular weight is 531 g/mol. The maximum Gasteiger partial charge on any atom is 0.254 e. The van der Waals surface area contributed by atoms with E-state index in [9.17, 15) is 14.9 Å². The number of ether oxygens (including phenoxy) is 1. The van der Waals surface area contributed by atoms with Crippen LogP contribution in [0, 0.1) is 18.3 Å². The van der Waals surface area contributed by atoms with Crippen LogP contribution in [0.4, 0.5) is 11.4 Å². The Hall–Kier alpha value is -4.00. The third kappa shape index (κ3) is 6.05. The molecule has 1 aliphatic rings. The topological polar surface area (TPSA) is 103 Å². The van der Waals surface area contributed by atoms with Crippen molar-refractivity contribution < 1.29 is 14.3 Å². The van der Waals surface area contributed by atoms with Gasteiger partial charge in [0.1, 0.15) is 5.75 Å². The number of amides is 2. The fraction of sp³-hybridized carbons (Fsp3) is 0.179. The molecule has 0 saturated heterocycles. The maximum absolute atomic E-state index is 13.5. The van der Waals surface area contributed by atoms with Gasteiger partial charge in [0.25, 0.3) is 5.91 Å². The third-order valence-corrected chi connectivity index (χ3v) is 7.77. The van der Waals surface area contributed by atoms with Gasteiger partial charge in [0.15, 0.2) is 0 Å². The molecule has 0 bridgehead atoms. The van der Waals surface area contributed by atoms with E-state index in [1.165, 1.54) is 23.1 Å². The van der Waals surface area contributed by atoms with Crippen molar-refractivity contribution in [1.29, 1.82) is 5.26 Å². The number of methoxy groups -OCH3 is 1. The summed E-state index contributed by atoms with van der Waals surface area (Å²) in [6, 6.07) is 20.8. The second kappa shape index (κ2) is 11.8. The van der Waals surface area contributed by atoms with Crippen molar-refractivity contribution in [1.82, 2.24) is 5.32 Å². The third-order valence-electron chi connectivity index (χ3n) is 5.81. The zero-order chi connectivity index (χ0) is 26.4. The fourth-order valence-electron chi connectivity index (χ4n) is 4.01. The first-order chi connectivity index (χ1) is 17.9. The first-order valence-corrected chi connectivity index (χ1v) is 13.4. The normalized spacial score (nSPS) is 15.0. The van der Waals surface area contributed by atoms with E-state index in [4.69, 9.17) is 4.74 Å². The SMILES string of the molecule is COc1cccc(NC(=O)CSC2=C(C#N)[C@@H](c3cccs3)C(C(=O)Nc3ccccc3C)=C(C)N2)c1. The van der Waals surface area contributed by atoms with Crippen molar-refractivity contribution in [3.05, 3.63) is 98.4 Å². The Kier molecular flexibility index (Phi) is 8.33. The molecule has 2 heterocycles.